The van der Waals surface area contributed by atoms with Gasteiger partial charge in [-0.15, -0.1) is 0 Å². The zero-order chi connectivity index (χ0) is 18.8. The number of rotatable bonds is 2. The highest BCUT2D eigenvalue weighted by Gasteiger charge is 2.24. The second kappa shape index (κ2) is 7.23. The number of aliphatic imine (C=N–C) groups is 1. The Morgan fingerprint density at radius 3 is 2.62 bits per heavy atom. The lowest BCUT2D eigenvalue weighted by atomic mass is 10.0. The summed E-state index contributed by atoms with van der Waals surface area (Å²) in [6, 6.07) is 2.06. The molecule has 0 bridgehead atoms. The molecule has 4 heterocycles. The molecule has 1 N–H and O–H groups in total. The molecule has 4 rings (SSSR count). The molecule has 136 valence electrons. The molecule has 0 fully saturated rings. The summed E-state index contributed by atoms with van der Waals surface area (Å²) in [5.41, 5.74) is 3.44. The van der Waals surface area contributed by atoms with Crippen LogP contribution in [0, 0.1) is 5.92 Å². The largest absolute Gasteiger partial charge is 0.310 e. The van der Waals surface area contributed by atoms with Gasteiger partial charge in [-0.2, -0.15) is 0 Å². The molecule has 6 nitrogen and oxygen atoms in total. The zero-order valence-electron chi connectivity index (χ0n) is 15.6. The number of nitrogens with zero attached hydrogens (tertiary/aromatic N) is 3. The van der Waals surface area contributed by atoms with Gasteiger partial charge in [-0.25, -0.2) is 4.98 Å². The molecule has 1 aromatic heterocycles. The van der Waals surface area contributed by atoms with E-state index in [-0.39, 0.29) is 11.8 Å². The van der Waals surface area contributed by atoms with E-state index in [1.54, 1.807) is 4.90 Å². The molecule has 0 aromatic carbocycles. The summed E-state index contributed by atoms with van der Waals surface area (Å²) in [6.07, 6.45) is 8.07. The van der Waals surface area contributed by atoms with E-state index in [4.69, 9.17) is 0 Å². The predicted molar refractivity (Wildman–Crippen MR) is 102 cm³/mol. The van der Waals surface area contributed by atoms with Crippen molar-refractivity contribution in [1.29, 1.82) is 0 Å². The molecular weight excluding hydrogens is 328 g/mol. The molecule has 1 aromatic rings. The Morgan fingerprint density at radius 2 is 1.92 bits per heavy atom. The number of nitrogens with one attached hydrogen (secondary N) is 1. The standard InChI is InChI=1S/2C10H12N2O/c1-6(2)8-3-7-4-9(13)12-10(7)11-5-8;1-7(2)8-3-4-12-9(5-8)11-6-10(12)13/h3,5-6H,4H2,1-2H3,(H,11,12,13);3-5,7H,6H2,1-2H3. The number of allylic oxidation sites excluding steroid dienone is 2. The van der Waals surface area contributed by atoms with E-state index >= 15 is 0 Å². The number of fused-ring (bicyclic) bond motifs is 2. The van der Waals surface area contributed by atoms with Crippen LogP contribution in [0.4, 0.5) is 5.82 Å². The van der Waals surface area contributed by atoms with Crippen molar-refractivity contribution in [1.82, 2.24) is 9.88 Å². The Labute approximate surface area is 153 Å². The van der Waals surface area contributed by atoms with Gasteiger partial charge >= 0.3 is 0 Å². The van der Waals surface area contributed by atoms with E-state index in [9.17, 15) is 9.59 Å². The average molecular weight is 352 g/mol. The first-order chi connectivity index (χ1) is 12.3. The van der Waals surface area contributed by atoms with Crippen molar-refractivity contribution in [2.75, 3.05) is 11.9 Å². The third kappa shape index (κ3) is 3.74. The maximum atomic E-state index is 11.2. The van der Waals surface area contributed by atoms with Crippen LogP contribution in [0.15, 0.2) is 41.2 Å². The van der Waals surface area contributed by atoms with Crippen LogP contribution in [-0.4, -0.2) is 34.1 Å². The van der Waals surface area contributed by atoms with Crippen LogP contribution in [0.3, 0.4) is 0 Å². The van der Waals surface area contributed by atoms with Crippen molar-refractivity contribution in [3.8, 4) is 0 Å². The molecule has 0 radical (unpaired) electrons. The lowest BCUT2D eigenvalue weighted by Gasteiger charge is -2.18. The fraction of sp³-hybridized carbons (Fsp3) is 0.400. The van der Waals surface area contributed by atoms with E-state index < -0.39 is 0 Å². The fourth-order valence-corrected chi connectivity index (χ4v) is 2.86. The van der Waals surface area contributed by atoms with Crippen molar-refractivity contribution in [2.24, 2.45) is 10.9 Å². The second-order valence-electron chi connectivity index (χ2n) is 7.21. The van der Waals surface area contributed by atoms with Crippen LogP contribution < -0.4 is 5.32 Å². The molecule has 0 saturated heterocycles. The minimum Gasteiger partial charge on any atom is -0.310 e. The van der Waals surface area contributed by atoms with Crippen molar-refractivity contribution in [3.63, 3.8) is 0 Å². The molecule has 3 aliphatic heterocycles. The monoisotopic (exact) mass is 352 g/mol. The van der Waals surface area contributed by atoms with E-state index in [0.717, 1.165) is 17.2 Å². The van der Waals surface area contributed by atoms with E-state index in [2.05, 4.69) is 49.1 Å². The van der Waals surface area contributed by atoms with Gasteiger partial charge in [0.05, 0.1) is 6.42 Å². The van der Waals surface area contributed by atoms with Gasteiger partial charge in [-0.1, -0.05) is 27.7 Å². The van der Waals surface area contributed by atoms with Crippen LogP contribution in [0.25, 0.3) is 0 Å². The molecule has 0 aliphatic carbocycles. The number of hydrogen-bond acceptors (Lipinski definition) is 4. The van der Waals surface area contributed by atoms with Crippen LogP contribution in [0.5, 0.6) is 0 Å². The number of carbonyl (C=O) groups is 2. The summed E-state index contributed by atoms with van der Waals surface area (Å²) >= 11 is 0. The Morgan fingerprint density at radius 1 is 1.15 bits per heavy atom. The molecular formula is C20H24N4O2. The van der Waals surface area contributed by atoms with Gasteiger partial charge in [0, 0.05) is 18.0 Å². The lowest BCUT2D eigenvalue weighted by Crippen LogP contribution is -2.28. The molecule has 0 unspecified atom stereocenters. The minimum atomic E-state index is 0.0448. The van der Waals surface area contributed by atoms with Crippen molar-refractivity contribution >= 4 is 23.5 Å². The highest BCUT2D eigenvalue weighted by Crippen LogP contribution is 2.24. The normalized spacial score (nSPS) is 17.5. The van der Waals surface area contributed by atoms with E-state index in [1.165, 1.54) is 11.1 Å². The van der Waals surface area contributed by atoms with Gasteiger partial charge in [-0.3, -0.25) is 19.5 Å². The van der Waals surface area contributed by atoms with Crippen molar-refractivity contribution in [3.05, 3.63) is 47.3 Å². The Balaban J connectivity index is 0.000000151. The Bertz CT molecular complexity index is 834. The zero-order valence-corrected chi connectivity index (χ0v) is 15.6. The minimum absolute atomic E-state index is 0.0448. The van der Waals surface area contributed by atoms with Gasteiger partial charge in [-0.05, 0) is 41.2 Å². The van der Waals surface area contributed by atoms with Gasteiger partial charge in [0.15, 0.2) is 0 Å². The second-order valence-corrected chi connectivity index (χ2v) is 7.21. The quantitative estimate of drug-likeness (QED) is 0.889. The third-order valence-electron chi connectivity index (χ3n) is 4.53. The van der Waals surface area contributed by atoms with E-state index in [0.29, 0.717) is 24.8 Å². The summed E-state index contributed by atoms with van der Waals surface area (Å²) < 4.78 is 0. The van der Waals surface area contributed by atoms with Crippen LogP contribution >= 0.6 is 0 Å². The molecule has 0 atom stereocenters. The topological polar surface area (TPSA) is 74.7 Å². The van der Waals surface area contributed by atoms with E-state index in [1.807, 2.05) is 24.5 Å². The highest BCUT2D eigenvalue weighted by molar-refractivity contribution is 6.11. The molecule has 6 heteroatoms. The number of amides is 2. The van der Waals surface area contributed by atoms with Gasteiger partial charge < -0.3 is 5.32 Å². The first kappa shape index (κ1) is 18.0. The van der Waals surface area contributed by atoms with Crippen LogP contribution in [0.1, 0.15) is 44.7 Å². The number of carbonyl (C=O) groups excluding carboxylic acids is 2. The summed E-state index contributed by atoms with van der Waals surface area (Å²) in [6.45, 7) is 8.79. The highest BCUT2D eigenvalue weighted by atomic mass is 16.2. The molecule has 0 saturated carbocycles. The fourth-order valence-electron chi connectivity index (χ4n) is 2.86. The predicted octanol–water partition coefficient (Wildman–Crippen LogP) is 3.04. The summed E-state index contributed by atoms with van der Waals surface area (Å²) in [7, 11) is 0. The third-order valence-corrected chi connectivity index (χ3v) is 4.53. The SMILES string of the molecule is CC(C)C1=CC2=NCC(=O)N2C=C1.CC(C)c1cnc2c(c1)CC(=O)N2. The number of hydrogen-bond donors (Lipinski definition) is 1. The van der Waals surface area contributed by atoms with Crippen LogP contribution in [0.2, 0.25) is 0 Å². The first-order valence-electron chi connectivity index (χ1n) is 8.90. The van der Waals surface area contributed by atoms with Crippen LogP contribution in [-0.2, 0) is 16.0 Å². The van der Waals surface area contributed by atoms with Gasteiger partial charge in [0.25, 0.3) is 5.91 Å². The summed E-state index contributed by atoms with van der Waals surface area (Å²) in [5.74, 6) is 2.57. The summed E-state index contributed by atoms with van der Waals surface area (Å²) in [5, 5.41) is 2.71. The Hall–Kier alpha value is -2.76. The Kier molecular flexibility index (Phi) is 5.02. The number of pyridine rings is 1. The number of anilines is 1. The molecule has 2 amide bonds. The van der Waals surface area contributed by atoms with Crippen molar-refractivity contribution < 1.29 is 9.59 Å². The number of amidine groups is 1. The van der Waals surface area contributed by atoms with Crippen molar-refractivity contribution in [2.45, 2.75) is 40.0 Å². The van der Waals surface area contributed by atoms with Gasteiger partial charge in [0.1, 0.15) is 18.2 Å². The summed E-state index contributed by atoms with van der Waals surface area (Å²) in [4.78, 5) is 32.2. The molecule has 3 aliphatic rings. The first-order valence-corrected chi connectivity index (χ1v) is 8.90. The lowest BCUT2D eigenvalue weighted by molar-refractivity contribution is -0.123. The van der Waals surface area contributed by atoms with Gasteiger partial charge in [0.2, 0.25) is 5.91 Å². The maximum Gasteiger partial charge on any atom is 0.253 e. The number of aromatic nitrogens is 1. The maximum absolute atomic E-state index is 11.2. The average Bonchev–Trinajstić information content (AvgIpc) is 3.16. The molecule has 0 spiro atoms. The molecule has 26 heavy (non-hydrogen) atoms. The smallest absolute Gasteiger partial charge is 0.253 e.